The van der Waals surface area contributed by atoms with Gasteiger partial charge in [0.25, 0.3) is 0 Å². The molecule has 0 unspecified atom stereocenters. The third kappa shape index (κ3) is 3.30. The van der Waals surface area contributed by atoms with Crippen LogP contribution in [0.2, 0.25) is 0 Å². The van der Waals surface area contributed by atoms with Crippen molar-refractivity contribution in [3.8, 4) is 0 Å². The number of amides is 1. The second-order valence-corrected chi connectivity index (χ2v) is 4.52. The Bertz CT molecular complexity index is 394. The van der Waals surface area contributed by atoms with E-state index in [1.165, 1.54) is 0 Å². The van der Waals surface area contributed by atoms with Crippen LogP contribution in [-0.2, 0) is 16.6 Å². The topological polar surface area (TPSA) is 56.1 Å². The van der Waals surface area contributed by atoms with Crippen molar-refractivity contribution in [2.24, 2.45) is 7.05 Å². The first-order valence-electron chi connectivity index (χ1n) is 6.07. The molecule has 0 bridgehead atoms. The molecule has 0 aromatic carbocycles. The van der Waals surface area contributed by atoms with Crippen LogP contribution in [0.1, 0.15) is 31.4 Å². The van der Waals surface area contributed by atoms with E-state index < -0.39 is 0 Å². The van der Waals surface area contributed by atoms with E-state index in [0.717, 1.165) is 37.4 Å². The minimum absolute atomic E-state index is 0.0310. The Labute approximate surface area is 101 Å². The third-order valence-corrected chi connectivity index (χ3v) is 2.99. The number of aromatic nitrogens is 2. The van der Waals surface area contributed by atoms with Crippen LogP contribution < -0.4 is 5.32 Å². The van der Waals surface area contributed by atoms with E-state index in [-0.39, 0.29) is 12.0 Å². The molecular formula is C12H19N3O2. The average molecular weight is 237 g/mol. The SMILES string of the molecule is Cc1cc(NC(=O)CC[C@@H]2CCCO2)n(C)n1. The second kappa shape index (κ2) is 5.31. The summed E-state index contributed by atoms with van der Waals surface area (Å²) in [7, 11) is 1.82. The number of carbonyl (C=O) groups is 1. The van der Waals surface area contributed by atoms with Crippen molar-refractivity contribution in [3.05, 3.63) is 11.8 Å². The van der Waals surface area contributed by atoms with Crippen LogP contribution in [0.15, 0.2) is 6.07 Å². The lowest BCUT2D eigenvalue weighted by molar-refractivity contribution is -0.116. The van der Waals surface area contributed by atoms with Crippen LogP contribution in [0.25, 0.3) is 0 Å². The van der Waals surface area contributed by atoms with E-state index in [9.17, 15) is 4.79 Å². The maximum absolute atomic E-state index is 11.7. The Morgan fingerprint density at radius 2 is 2.53 bits per heavy atom. The van der Waals surface area contributed by atoms with Crippen molar-refractivity contribution in [1.82, 2.24) is 9.78 Å². The normalized spacial score (nSPS) is 19.5. The maximum atomic E-state index is 11.7. The van der Waals surface area contributed by atoms with Crippen molar-refractivity contribution in [1.29, 1.82) is 0 Å². The number of nitrogens with zero attached hydrogens (tertiary/aromatic N) is 2. The Morgan fingerprint density at radius 1 is 1.71 bits per heavy atom. The van der Waals surface area contributed by atoms with Crippen molar-refractivity contribution in [2.45, 2.75) is 38.7 Å². The van der Waals surface area contributed by atoms with Gasteiger partial charge in [0.2, 0.25) is 5.91 Å². The van der Waals surface area contributed by atoms with Gasteiger partial charge in [0, 0.05) is 26.1 Å². The molecule has 5 nitrogen and oxygen atoms in total. The Balaban J connectivity index is 1.78. The molecule has 1 N–H and O–H groups in total. The number of hydrogen-bond acceptors (Lipinski definition) is 3. The fraction of sp³-hybridized carbons (Fsp3) is 0.667. The first-order chi connectivity index (χ1) is 8.15. The quantitative estimate of drug-likeness (QED) is 0.865. The molecule has 5 heteroatoms. The average Bonchev–Trinajstić information content (AvgIpc) is 2.87. The highest BCUT2D eigenvalue weighted by Crippen LogP contribution is 2.17. The number of hydrogen-bond donors (Lipinski definition) is 1. The summed E-state index contributed by atoms with van der Waals surface area (Å²) in [6, 6.07) is 1.87. The van der Waals surface area contributed by atoms with Crippen molar-refractivity contribution in [3.63, 3.8) is 0 Å². The van der Waals surface area contributed by atoms with Gasteiger partial charge in [-0.3, -0.25) is 9.48 Å². The van der Waals surface area contributed by atoms with Gasteiger partial charge in [-0.2, -0.15) is 5.10 Å². The van der Waals surface area contributed by atoms with E-state index in [1.54, 1.807) is 4.68 Å². The van der Waals surface area contributed by atoms with Gasteiger partial charge in [0.15, 0.2) is 0 Å². The monoisotopic (exact) mass is 237 g/mol. The van der Waals surface area contributed by atoms with Crippen LogP contribution in [0, 0.1) is 6.92 Å². The summed E-state index contributed by atoms with van der Waals surface area (Å²) < 4.78 is 7.16. The molecule has 17 heavy (non-hydrogen) atoms. The summed E-state index contributed by atoms with van der Waals surface area (Å²) in [5, 5.41) is 7.04. The molecule has 1 aromatic rings. The fourth-order valence-corrected chi connectivity index (χ4v) is 2.10. The summed E-state index contributed by atoms with van der Waals surface area (Å²) in [6.07, 6.45) is 3.79. The molecule has 1 aliphatic rings. The van der Waals surface area contributed by atoms with Gasteiger partial charge in [0.1, 0.15) is 5.82 Å². The lowest BCUT2D eigenvalue weighted by atomic mass is 10.1. The summed E-state index contributed by atoms with van der Waals surface area (Å²) in [5.41, 5.74) is 0.905. The zero-order chi connectivity index (χ0) is 12.3. The van der Waals surface area contributed by atoms with Crippen molar-refractivity contribution in [2.75, 3.05) is 11.9 Å². The molecule has 1 aliphatic heterocycles. The number of carbonyl (C=O) groups excluding carboxylic acids is 1. The predicted octanol–water partition coefficient (Wildman–Crippen LogP) is 1.63. The van der Waals surface area contributed by atoms with Gasteiger partial charge in [0.05, 0.1) is 11.8 Å². The molecule has 0 saturated carbocycles. The standard InChI is InChI=1S/C12H19N3O2/c1-9-8-11(15(2)14-9)13-12(16)6-5-10-4-3-7-17-10/h8,10H,3-7H2,1-2H3,(H,13,16)/t10-/m0/s1. The van der Waals surface area contributed by atoms with Crippen molar-refractivity contribution < 1.29 is 9.53 Å². The molecule has 1 atom stereocenters. The molecule has 1 aromatic heterocycles. The Morgan fingerprint density at radius 3 is 3.12 bits per heavy atom. The van der Waals surface area contributed by atoms with Gasteiger partial charge in [-0.05, 0) is 26.2 Å². The summed E-state index contributed by atoms with van der Waals surface area (Å²) in [5.74, 6) is 0.781. The molecule has 2 rings (SSSR count). The number of nitrogens with one attached hydrogen (secondary N) is 1. The molecule has 0 spiro atoms. The third-order valence-electron chi connectivity index (χ3n) is 2.99. The zero-order valence-corrected chi connectivity index (χ0v) is 10.4. The van der Waals surface area contributed by atoms with Gasteiger partial charge >= 0.3 is 0 Å². The van der Waals surface area contributed by atoms with E-state index in [0.29, 0.717) is 6.42 Å². The van der Waals surface area contributed by atoms with E-state index >= 15 is 0 Å². The number of anilines is 1. The van der Waals surface area contributed by atoms with Crippen molar-refractivity contribution >= 4 is 11.7 Å². The summed E-state index contributed by atoms with van der Waals surface area (Å²) in [6.45, 7) is 2.75. The highest BCUT2D eigenvalue weighted by atomic mass is 16.5. The molecule has 0 radical (unpaired) electrons. The molecule has 1 saturated heterocycles. The van der Waals surface area contributed by atoms with Gasteiger partial charge in [-0.25, -0.2) is 0 Å². The smallest absolute Gasteiger partial charge is 0.225 e. The van der Waals surface area contributed by atoms with Crippen LogP contribution >= 0.6 is 0 Å². The van der Waals surface area contributed by atoms with Crippen LogP contribution in [0.5, 0.6) is 0 Å². The minimum atomic E-state index is 0.0310. The first kappa shape index (κ1) is 12.1. The molecule has 0 aliphatic carbocycles. The molecule has 94 valence electrons. The van der Waals surface area contributed by atoms with Gasteiger partial charge < -0.3 is 10.1 Å². The second-order valence-electron chi connectivity index (χ2n) is 4.52. The minimum Gasteiger partial charge on any atom is -0.378 e. The largest absolute Gasteiger partial charge is 0.378 e. The Hall–Kier alpha value is -1.36. The van der Waals surface area contributed by atoms with Crippen LogP contribution in [0.3, 0.4) is 0 Å². The number of aryl methyl sites for hydroxylation is 2. The maximum Gasteiger partial charge on any atom is 0.225 e. The Kier molecular flexibility index (Phi) is 3.78. The van der Waals surface area contributed by atoms with E-state index in [4.69, 9.17) is 4.74 Å². The summed E-state index contributed by atoms with van der Waals surface area (Å²) in [4.78, 5) is 11.7. The molecule has 2 heterocycles. The van der Waals surface area contributed by atoms with Gasteiger partial charge in [-0.1, -0.05) is 0 Å². The van der Waals surface area contributed by atoms with E-state index in [2.05, 4.69) is 10.4 Å². The first-order valence-corrected chi connectivity index (χ1v) is 6.07. The lowest BCUT2D eigenvalue weighted by Gasteiger charge is -2.09. The number of rotatable bonds is 4. The van der Waals surface area contributed by atoms with Crippen LogP contribution in [0.4, 0.5) is 5.82 Å². The molecule has 1 fully saturated rings. The predicted molar refractivity (Wildman–Crippen MR) is 64.8 cm³/mol. The van der Waals surface area contributed by atoms with Crippen LogP contribution in [-0.4, -0.2) is 28.4 Å². The molecule has 1 amide bonds. The van der Waals surface area contributed by atoms with Gasteiger partial charge in [-0.15, -0.1) is 0 Å². The fourth-order valence-electron chi connectivity index (χ4n) is 2.10. The highest BCUT2D eigenvalue weighted by Gasteiger charge is 2.17. The number of ether oxygens (including phenoxy) is 1. The molecular weight excluding hydrogens is 218 g/mol. The highest BCUT2D eigenvalue weighted by molar-refractivity contribution is 5.89. The zero-order valence-electron chi connectivity index (χ0n) is 10.4. The van der Waals surface area contributed by atoms with E-state index in [1.807, 2.05) is 20.0 Å². The lowest BCUT2D eigenvalue weighted by Crippen LogP contribution is -2.16. The summed E-state index contributed by atoms with van der Waals surface area (Å²) >= 11 is 0.